The SMILES string of the molecule is C.C.C.CC(C)(C)OC(=O)N[C@H]1CCCNC1.FC(F)c1cn2c(-c3nccc(Cl)n3)cnc2cn1.NS(=O)(=O)N[C@H]1CCCN(c2ccnc(-c3cnc4cnc(C(F)F)cn34)n2)C1.N[C@H]1CCCN(c2ccnc(-c3cnc4cnc(C(F)F)cn34)n2)C1. The number of nitrogens with one attached hydrogen (secondary N) is 3. The highest BCUT2D eigenvalue weighted by atomic mass is 35.5. The molecule has 0 saturated carbocycles. The van der Waals surface area contributed by atoms with Gasteiger partial charge in [0.05, 0.1) is 37.2 Å². The number of imidazole rings is 3. The minimum atomic E-state index is -3.80. The van der Waals surface area contributed by atoms with Crippen molar-refractivity contribution in [2.24, 2.45) is 10.9 Å². The van der Waals surface area contributed by atoms with Gasteiger partial charge >= 0.3 is 6.09 Å². The third-order valence-electron chi connectivity index (χ3n) is 13.4. The van der Waals surface area contributed by atoms with E-state index in [1.807, 2.05) is 31.7 Å². The van der Waals surface area contributed by atoms with Crippen molar-refractivity contribution in [2.75, 3.05) is 49.1 Å². The average Bonchev–Trinajstić information content (AvgIpc) is 2.06. The fraction of sp³-hybridized carbons (Fsp3) is 0.446. The van der Waals surface area contributed by atoms with Gasteiger partial charge in [0, 0.05) is 88.0 Å². The van der Waals surface area contributed by atoms with Gasteiger partial charge in [0.2, 0.25) is 0 Å². The molecule has 1 amide bonds. The first-order chi connectivity index (χ1) is 41.5. The highest BCUT2D eigenvalue weighted by Crippen LogP contribution is 2.27. The molecule has 486 valence electrons. The Morgan fingerprint density at radius 2 is 1.06 bits per heavy atom. The molecule has 0 bridgehead atoms. The summed E-state index contributed by atoms with van der Waals surface area (Å²) in [6.07, 6.45) is 14.1. The van der Waals surface area contributed by atoms with Gasteiger partial charge in [0.25, 0.3) is 29.5 Å². The van der Waals surface area contributed by atoms with Crippen LogP contribution >= 0.6 is 11.6 Å². The second-order valence-electron chi connectivity index (χ2n) is 21.1. The van der Waals surface area contributed by atoms with Gasteiger partial charge in [-0.25, -0.2) is 96.1 Å². The Labute approximate surface area is 521 Å². The van der Waals surface area contributed by atoms with Crippen LogP contribution in [0.4, 0.5) is 42.8 Å². The van der Waals surface area contributed by atoms with Crippen LogP contribution in [0.2, 0.25) is 5.15 Å². The number of fused-ring (bicyclic) bond motifs is 3. The average molecular weight is 1300 g/mol. The second-order valence-corrected chi connectivity index (χ2v) is 22.8. The normalized spacial score (nSPS) is 16.8. The summed E-state index contributed by atoms with van der Waals surface area (Å²) in [6.45, 7) is 10.2. The summed E-state index contributed by atoms with van der Waals surface area (Å²) >= 11 is 5.78. The first-order valence-electron chi connectivity index (χ1n) is 27.3. The number of alkyl carbamates (subject to hydrolysis) is 1. The number of anilines is 2. The number of ether oxygens (including phenoxy) is 1. The molecular formula is C56H73ClF6N22O4S. The van der Waals surface area contributed by atoms with Crippen molar-refractivity contribution in [1.82, 2.24) is 88.4 Å². The van der Waals surface area contributed by atoms with Crippen molar-refractivity contribution in [3.63, 3.8) is 0 Å². The first-order valence-corrected chi connectivity index (χ1v) is 29.2. The Bertz CT molecular complexity index is 3910. The van der Waals surface area contributed by atoms with Gasteiger partial charge in [-0.05, 0) is 84.0 Å². The number of aromatic nitrogens is 15. The second kappa shape index (κ2) is 31.4. The van der Waals surface area contributed by atoms with Crippen LogP contribution in [-0.2, 0) is 14.9 Å². The molecule has 7 N–H and O–H groups in total. The molecular weight excluding hydrogens is 1230 g/mol. The molecule has 3 fully saturated rings. The van der Waals surface area contributed by atoms with Crippen LogP contribution in [0, 0.1) is 0 Å². The minimum absolute atomic E-state index is 0. The van der Waals surface area contributed by atoms with Gasteiger partial charge in [0.15, 0.2) is 34.4 Å². The van der Waals surface area contributed by atoms with Crippen LogP contribution in [0.15, 0.2) is 92.6 Å². The number of carbonyl (C=O) groups is 1. The molecule has 12 rings (SSSR count). The van der Waals surface area contributed by atoms with Crippen LogP contribution in [0.5, 0.6) is 0 Å². The molecule has 9 aromatic rings. The number of nitrogens with two attached hydrogens (primary N) is 2. The van der Waals surface area contributed by atoms with E-state index in [2.05, 4.69) is 80.1 Å². The molecule has 9 aromatic heterocycles. The van der Waals surface area contributed by atoms with E-state index in [-0.39, 0.29) is 68.7 Å². The van der Waals surface area contributed by atoms with Crippen LogP contribution in [0.1, 0.15) is 118 Å². The van der Waals surface area contributed by atoms with E-state index in [9.17, 15) is 39.6 Å². The molecule has 34 heteroatoms. The highest BCUT2D eigenvalue weighted by Gasteiger charge is 2.26. The molecule has 0 unspecified atom stereocenters. The fourth-order valence-electron chi connectivity index (χ4n) is 9.49. The zero-order valence-corrected chi connectivity index (χ0v) is 48.6. The van der Waals surface area contributed by atoms with Crippen LogP contribution in [0.25, 0.3) is 51.5 Å². The number of halogens is 7. The predicted octanol–water partition coefficient (Wildman–Crippen LogP) is 8.89. The molecule has 26 nitrogen and oxygen atoms in total. The third kappa shape index (κ3) is 18.8. The molecule has 0 aliphatic carbocycles. The van der Waals surface area contributed by atoms with E-state index >= 15 is 0 Å². The van der Waals surface area contributed by atoms with Crippen molar-refractivity contribution in [2.45, 2.75) is 125 Å². The smallest absolute Gasteiger partial charge is 0.407 e. The van der Waals surface area contributed by atoms with Gasteiger partial charge in [0.1, 0.15) is 56.6 Å². The Morgan fingerprint density at radius 1 is 0.622 bits per heavy atom. The van der Waals surface area contributed by atoms with Crippen molar-refractivity contribution < 1.29 is 44.3 Å². The van der Waals surface area contributed by atoms with Gasteiger partial charge in [-0.15, -0.1) is 0 Å². The lowest BCUT2D eigenvalue weighted by atomic mass is 10.1. The number of amides is 1. The van der Waals surface area contributed by atoms with Crippen LogP contribution < -0.4 is 36.0 Å². The Hall–Kier alpha value is -8.37. The summed E-state index contributed by atoms with van der Waals surface area (Å²) in [5.74, 6) is 2.41. The maximum atomic E-state index is 13.0. The van der Waals surface area contributed by atoms with E-state index in [0.29, 0.717) is 76.8 Å². The van der Waals surface area contributed by atoms with Crippen LogP contribution in [-0.4, -0.2) is 151 Å². The van der Waals surface area contributed by atoms with Crippen molar-refractivity contribution in [1.29, 1.82) is 0 Å². The topological polar surface area (TPSA) is 323 Å². The van der Waals surface area contributed by atoms with Gasteiger partial charge in [-0.3, -0.25) is 13.2 Å². The van der Waals surface area contributed by atoms with Crippen molar-refractivity contribution in [3.05, 3.63) is 115 Å². The maximum absolute atomic E-state index is 13.0. The summed E-state index contributed by atoms with van der Waals surface area (Å²) in [5.41, 5.74) is 7.36. The zero-order chi connectivity index (χ0) is 62.0. The lowest BCUT2D eigenvalue weighted by Gasteiger charge is -2.33. The Balaban J connectivity index is 0.000000195. The van der Waals surface area contributed by atoms with E-state index in [4.69, 9.17) is 27.2 Å². The number of nitrogens with zero attached hydrogens (tertiary/aromatic N) is 17. The quantitative estimate of drug-likeness (QED) is 0.0596. The van der Waals surface area contributed by atoms with Gasteiger partial charge < -0.3 is 30.9 Å². The van der Waals surface area contributed by atoms with E-state index in [1.54, 1.807) is 24.7 Å². The number of carbonyl (C=O) groups excluding carboxylic acids is 1. The summed E-state index contributed by atoms with van der Waals surface area (Å²) in [4.78, 5) is 64.6. The minimum Gasteiger partial charge on any atom is -0.444 e. The summed E-state index contributed by atoms with van der Waals surface area (Å²) < 4.78 is 112. The standard InChI is InChI=1S/C16H18F2N8O2S.C16H17F2N7.C11H6ClF2N5.C10H20N2O2.3CH4/c17-15(18)11-9-26-12(6-22-14(26)7-21-11)16-20-4-3-13(23-16)25-5-1-2-10(8-25)24-29(19,27)28;17-15(18)11-9-25-12(6-22-14(25)7-21-11)16-20-4-3-13(23-16)24-5-1-2-10(19)8-24;12-8-1-2-15-11(18-8)7-3-17-9-4-16-6(10(13)14)5-19(7)9;1-10(2,3)14-9(13)12-8-5-4-6-11-7-8;;;/h3-4,6-7,9-10,15,24H,1-2,5,8H2,(H2,19,27,28);3-4,6-7,9-10,15H,1-2,5,8,19H2;1-5,10H;8,11H,4-7H2,1-3H3,(H,12,13);3*1H4/t2*10-;;8-;;;/m00.0.../s1. The Morgan fingerprint density at radius 3 is 1.47 bits per heavy atom. The number of hydrogen-bond acceptors (Lipinski definition) is 20. The largest absolute Gasteiger partial charge is 0.444 e. The summed E-state index contributed by atoms with van der Waals surface area (Å²) in [5, 5.41) is 11.4. The van der Waals surface area contributed by atoms with Crippen LogP contribution in [0.3, 0.4) is 0 Å². The molecule has 3 atom stereocenters. The van der Waals surface area contributed by atoms with Gasteiger partial charge in [-0.2, -0.15) is 13.1 Å². The molecule has 3 saturated heterocycles. The molecule has 3 aliphatic heterocycles. The van der Waals surface area contributed by atoms with Gasteiger partial charge in [-0.1, -0.05) is 33.9 Å². The molecule has 0 aromatic carbocycles. The molecule has 3 aliphatic rings. The lowest BCUT2D eigenvalue weighted by Crippen LogP contribution is -2.49. The van der Waals surface area contributed by atoms with E-state index in [0.717, 1.165) is 64.1 Å². The predicted molar refractivity (Wildman–Crippen MR) is 328 cm³/mol. The fourth-order valence-corrected chi connectivity index (χ4v) is 10.3. The monoisotopic (exact) mass is 1300 g/mol. The summed E-state index contributed by atoms with van der Waals surface area (Å²) in [6, 6.07) is 5.09. The third-order valence-corrected chi connectivity index (χ3v) is 14.3. The molecule has 0 spiro atoms. The molecule has 0 radical (unpaired) electrons. The molecule has 12 heterocycles. The Kier molecular flexibility index (Phi) is 24.7. The summed E-state index contributed by atoms with van der Waals surface area (Å²) in [7, 11) is -3.80. The van der Waals surface area contributed by atoms with Crippen molar-refractivity contribution >= 4 is 56.5 Å². The number of rotatable bonds is 11. The number of piperidine rings is 3. The number of alkyl halides is 6. The van der Waals surface area contributed by atoms with E-state index < -0.39 is 35.1 Å². The lowest BCUT2D eigenvalue weighted by molar-refractivity contribution is 0.0496. The van der Waals surface area contributed by atoms with E-state index in [1.165, 1.54) is 75.0 Å². The maximum Gasteiger partial charge on any atom is 0.407 e. The molecule has 90 heavy (non-hydrogen) atoms. The first kappa shape index (κ1) is 70.7. The zero-order valence-electron chi connectivity index (χ0n) is 47.1. The van der Waals surface area contributed by atoms with Crippen molar-refractivity contribution in [3.8, 4) is 34.6 Å². The number of hydrogen-bond donors (Lipinski definition) is 5. The highest BCUT2D eigenvalue weighted by molar-refractivity contribution is 7.87.